The van der Waals surface area contributed by atoms with Gasteiger partial charge in [0.2, 0.25) is 0 Å². The van der Waals surface area contributed by atoms with Crippen molar-refractivity contribution >= 4 is 12.1 Å². The highest BCUT2D eigenvalue weighted by Crippen LogP contribution is 2.06. The van der Waals surface area contributed by atoms with Gasteiger partial charge in [-0.15, -0.1) is 0 Å². The van der Waals surface area contributed by atoms with E-state index < -0.39 is 23.7 Å². The summed E-state index contributed by atoms with van der Waals surface area (Å²) in [4.78, 5) is 23.8. The lowest BCUT2D eigenvalue weighted by atomic mass is 10.2. The molecule has 22 heavy (non-hydrogen) atoms. The van der Waals surface area contributed by atoms with Crippen LogP contribution in [-0.4, -0.2) is 52.3 Å². The number of nitrogens with zero attached hydrogens (tertiary/aromatic N) is 1. The van der Waals surface area contributed by atoms with Gasteiger partial charge < -0.3 is 15.2 Å². The minimum Gasteiger partial charge on any atom is -0.480 e. The molecular formula is C16H34N2O4. The molecule has 0 radical (unpaired) electrons. The quantitative estimate of drug-likeness (QED) is 0.760. The minimum absolute atomic E-state index is 0.609. The number of ether oxygens (including phenoxy) is 1. The van der Waals surface area contributed by atoms with Crippen LogP contribution in [0.1, 0.15) is 62.3 Å². The summed E-state index contributed by atoms with van der Waals surface area (Å²) in [6.45, 7) is 18.8. The first kappa shape index (κ1) is 23.0. The fraction of sp³-hybridized carbons (Fsp3) is 0.875. The molecule has 0 bridgehead atoms. The van der Waals surface area contributed by atoms with Gasteiger partial charge in [-0.1, -0.05) is 6.92 Å². The molecule has 1 atom stereocenters. The predicted octanol–water partition coefficient (Wildman–Crippen LogP) is 3.11. The summed E-state index contributed by atoms with van der Waals surface area (Å²) in [5.41, 5.74) is -0.609. The number of carbonyl (C=O) groups excluding carboxylic acids is 1. The number of hydrogen-bond acceptors (Lipinski definition) is 4. The lowest BCUT2D eigenvalue weighted by molar-refractivity contribution is -0.139. The van der Waals surface area contributed by atoms with Gasteiger partial charge in [-0.2, -0.15) is 0 Å². The Balaban J connectivity index is 0. The van der Waals surface area contributed by atoms with Gasteiger partial charge in [0.1, 0.15) is 11.6 Å². The Kier molecular flexibility index (Phi) is 10.9. The number of alkyl carbamates (subject to hydrolysis) is 1. The first-order valence-electron chi connectivity index (χ1n) is 7.79. The third kappa shape index (κ3) is 12.4. The van der Waals surface area contributed by atoms with Crippen LogP contribution >= 0.6 is 0 Å². The highest BCUT2D eigenvalue weighted by atomic mass is 18.2. The van der Waals surface area contributed by atoms with Crippen LogP contribution in [0.3, 0.4) is 0 Å². The second-order valence-electron chi connectivity index (χ2n) is 6.72. The standard InChI is InChI=1S/C8H15NO4.C8H19N/c1-5(6(10)11)9-7(12)13-8(2,3)4;1-6-9(7(2)3)8(4)5/h5H,1-4H3,(H,9,12)(H,10,11);7-8H,6H2,1-5H3/t5-;/m0./s1/i10+2,11+2;. The van der Waals surface area contributed by atoms with Crippen molar-refractivity contribution in [1.82, 2.24) is 10.2 Å². The van der Waals surface area contributed by atoms with Gasteiger partial charge in [-0.05, 0) is 61.9 Å². The van der Waals surface area contributed by atoms with Gasteiger partial charge in [0.05, 0.1) is 0 Å². The molecule has 0 saturated carbocycles. The lowest BCUT2D eigenvalue weighted by Gasteiger charge is -2.28. The predicted molar refractivity (Wildman–Crippen MR) is 89.1 cm³/mol. The molecule has 0 rings (SSSR count). The van der Waals surface area contributed by atoms with Gasteiger partial charge in [0.25, 0.3) is 0 Å². The number of carbonyl (C=O) groups is 2. The van der Waals surface area contributed by atoms with Gasteiger partial charge >= 0.3 is 12.1 Å². The summed E-state index contributed by atoms with van der Waals surface area (Å²) in [5, 5.41) is 10.6. The van der Waals surface area contributed by atoms with Crippen LogP contribution in [0.25, 0.3) is 0 Å². The van der Waals surface area contributed by atoms with Crippen LogP contribution in [0.5, 0.6) is 0 Å². The van der Waals surface area contributed by atoms with Gasteiger partial charge in [0, 0.05) is 12.1 Å². The zero-order valence-corrected chi connectivity index (χ0v) is 15.6. The van der Waals surface area contributed by atoms with Crippen LogP contribution in [0.2, 0.25) is 0 Å². The van der Waals surface area contributed by atoms with Crippen molar-refractivity contribution in [3.63, 3.8) is 0 Å². The van der Waals surface area contributed by atoms with Crippen molar-refractivity contribution in [1.29, 1.82) is 0 Å². The van der Waals surface area contributed by atoms with Gasteiger partial charge in [0.15, 0.2) is 0 Å². The Morgan fingerprint density at radius 2 is 1.59 bits per heavy atom. The van der Waals surface area contributed by atoms with Crippen molar-refractivity contribution < 1.29 is 19.4 Å². The number of carboxylic acid groups (broad SMARTS) is 1. The molecule has 0 aromatic carbocycles. The Morgan fingerprint density at radius 3 is 1.77 bits per heavy atom. The van der Waals surface area contributed by atoms with E-state index in [1.165, 1.54) is 6.92 Å². The zero-order chi connectivity index (χ0) is 18.1. The molecule has 0 spiro atoms. The third-order valence-corrected chi connectivity index (χ3v) is 2.80. The molecule has 0 aliphatic carbocycles. The van der Waals surface area contributed by atoms with Crippen molar-refractivity contribution in [2.24, 2.45) is 0 Å². The molecule has 0 unspecified atom stereocenters. The fourth-order valence-electron chi connectivity index (χ4n) is 1.87. The van der Waals surface area contributed by atoms with E-state index in [-0.39, 0.29) is 0 Å². The second kappa shape index (κ2) is 10.4. The van der Waals surface area contributed by atoms with E-state index in [4.69, 9.17) is 9.84 Å². The molecule has 0 fully saturated rings. The van der Waals surface area contributed by atoms with Crippen LogP contribution in [0.4, 0.5) is 4.79 Å². The molecule has 1 amide bonds. The first-order valence-corrected chi connectivity index (χ1v) is 7.79. The topological polar surface area (TPSA) is 78.9 Å². The number of nitrogens with one attached hydrogen (secondary N) is 1. The molecule has 6 heteroatoms. The molecule has 0 aromatic heterocycles. The molecule has 0 aliphatic rings. The highest BCUT2D eigenvalue weighted by molar-refractivity contribution is 5.79. The molecule has 6 nitrogen and oxygen atoms in total. The van der Waals surface area contributed by atoms with Crippen LogP contribution in [0.15, 0.2) is 0 Å². The Morgan fingerprint density at radius 1 is 1.18 bits per heavy atom. The Bertz CT molecular complexity index is 328. The summed E-state index contributed by atoms with van der Waals surface area (Å²) >= 11 is 0. The summed E-state index contributed by atoms with van der Waals surface area (Å²) in [6, 6.07) is 0.444. The first-order chi connectivity index (χ1) is 9.81. The summed E-state index contributed by atoms with van der Waals surface area (Å²) in [5.74, 6) is -1.09. The number of amides is 1. The maximum atomic E-state index is 11.0. The second-order valence-corrected chi connectivity index (χ2v) is 6.72. The van der Waals surface area contributed by atoms with Crippen molar-refractivity contribution in [2.45, 2.75) is 86.0 Å². The summed E-state index contributed by atoms with van der Waals surface area (Å²) < 4.78 is 4.85. The SMILES string of the molecule is CCN(C(C)C)C(C)C.C[C@H](NC(=O)OC(C)(C)C)C(=[18O])[18OH]. The average molecular weight is 322 g/mol. The van der Waals surface area contributed by atoms with Crippen molar-refractivity contribution in [3.8, 4) is 0 Å². The van der Waals surface area contributed by atoms with E-state index in [0.29, 0.717) is 12.1 Å². The molecule has 0 heterocycles. The van der Waals surface area contributed by atoms with E-state index in [1.54, 1.807) is 20.8 Å². The van der Waals surface area contributed by atoms with Crippen LogP contribution in [-0.2, 0) is 9.53 Å². The monoisotopic (exact) mass is 322 g/mol. The van der Waals surface area contributed by atoms with E-state index in [0.717, 1.165) is 6.54 Å². The summed E-state index contributed by atoms with van der Waals surface area (Å²) in [7, 11) is 0. The van der Waals surface area contributed by atoms with Crippen LogP contribution in [0, 0.1) is 0 Å². The number of hydrogen-bond donors (Lipinski definition) is 2. The number of rotatable bonds is 5. The largest absolute Gasteiger partial charge is 0.480 e. The number of carboxylic acids is 1. The van der Waals surface area contributed by atoms with E-state index >= 15 is 0 Å². The highest BCUT2D eigenvalue weighted by Gasteiger charge is 2.20. The number of aliphatic carboxylic acids is 1. The molecule has 0 aliphatic heterocycles. The fourth-order valence-corrected chi connectivity index (χ4v) is 1.87. The van der Waals surface area contributed by atoms with E-state index in [1.807, 2.05) is 0 Å². The summed E-state index contributed by atoms with van der Waals surface area (Å²) in [6.07, 6.45) is -0.720. The van der Waals surface area contributed by atoms with Crippen molar-refractivity contribution in [3.05, 3.63) is 0 Å². The van der Waals surface area contributed by atoms with Gasteiger partial charge in [-0.3, -0.25) is 9.69 Å². The molecule has 2 N–H and O–H groups in total. The minimum atomic E-state index is -1.09. The van der Waals surface area contributed by atoms with E-state index in [2.05, 4.69) is 44.8 Å². The molecule has 0 aromatic rings. The maximum Gasteiger partial charge on any atom is 0.408 e. The van der Waals surface area contributed by atoms with Gasteiger partial charge in [-0.25, -0.2) is 4.79 Å². The zero-order valence-electron chi connectivity index (χ0n) is 15.6. The maximum absolute atomic E-state index is 11.0. The molecule has 132 valence electrons. The normalized spacial score (nSPS) is 12.7. The molecular weight excluding hydrogens is 288 g/mol. The lowest BCUT2D eigenvalue weighted by Crippen LogP contribution is -2.41. The Labute approximate surface area is 135 Å². The van der Waals surface area contributed by atoms with Crippen molar-refractivity contribution in [2.75, 3.05) is 6.54 Å². The van der Waals surface area contributed by atoms with Crippen LogP contribution < -0.4 is 5.32 Å². The average Bonchev–Trinajstić information content (AvgIpc) is 2.26. The molecule has 0 saturated heterocycles. The van der Waals surface area contributed by atoms with E-state index in [9.17, 15) is 9.59 Å². The third-order valence-electron chi connectivity index (χ3n) is 2.80. The smallest absolute Gasteiger partial charge is 0.408 e. The Hall–Kier alpha value is -1.30.